The van der Waals surface area contributed by atoms with Gasteiger partial charge in [-0.05, 0) is 55.0 Å². The number of rotatable bonds is 7. The fourth-order valence-electron chi connectivity index (χ4n) is 5.92. The van der Waals surface area contributed by atoms with E-state index in [2.05, 4.69) is 15.2 Å². The lowest BCUT2D eigenvalue weighted by atomic mass is 9.85. The Morgan fingerprint density at radius 2 is 1.60 bits per heavy atom. The summed E-state index contributed by atoms with van der Waals surface area (Å²) in [5.41, 5.74) is 1.27. The highest BCUT2D eigenvalue weighted by Gasteiger charge is 2.48. The number of benzene rings is 2. The summed E-state index contributed by atoms with van der Waals surface area (Å²) in [4.78, 5) is 29.9. The van der Waals surface area contributed by atoms with Gasteiger partial charge in [0.25, 0.3) is 5.56 Å². The van der Waals surface area contributed by atoms with E-state index in [0.717, 1.165) is 31.2 Å². The summed E-state index contributed by atoms with van der Waals surface area (Å²) in [5, 5.41) is 6.72. The van der Waals surface area contributed by atoms with Crippen LogP contribution in [0.2, 0.25) is 0 Å². The van der Waals surface area contributed by atoms with Gasteiger partial charge in [-0.15, -0.1) is 0 Å². The lowest BCUT2D eigenvalue weighted by Crippen LogP contribution is -2.59. The number of hydrogen-bond acceptors (Lipinski definition) is 6. The number of aromatic amines is 1. The molecule has 1 N–H and O–H groups in total. The summed E-state index contributed by atoms with van der Waals surface area (Å²) in [6, 6.07) is 6.56. The molecule has 0 spiro atoms. The number of fused-ring (bicyclic) bond motifs is 1. The quantitative estimate of drug-likeness (QED) is 0.170. The maximum absolute atomic E-state index is 14.5. The minimum atomic E-state index is -5.35. The van der Waals surface area contributed by atoms with Gasteiger partial charge in [-0.3, -0.25) is 14.6 Å². The van der Waals surface area contributed by atoms with E-state index in [4.69, 9.17) is 0 Å². The van der Waals surface area contributed by atoms with Crippen LogP contribution in [0.25, 0.3) is 10.8 Å². The summed E-state index contributed by atoms with van der Waals surface area (Å²) >= 11 is 0. The van der Waals surface area contributed by atoms with Crippen molar-refractivity contribution in [3.63, 3.8) is 0 Å². The second-order valence-electron chi connectivity index (χ2n) is 11.1. The first-order chi connectivity index (χ1) is 21.5. The summed E-state index contributed by atoms with van der Waals surface area (Å²) in [5.74, 6) is -12.8. The molecule has 1 aliphatic heterocycles. The Labute approximate surface area is 253 Å². The molecule has 45 heavy (non-hydrogen) atoms. The molecule has 0 bridgehead atoms. The predicted molar refractivity (Wildman–Crippen MR) is 152 cm³/mol. The van der Waals surface area contributed by atoms with Crippen LogP contribution < -0.4 is 10.5 Å². The third kappa shape index (κ3) is 5.47. The highest BCUT2D eigenvalue weighted by Crippen LogP contribution is 2.36. The van der Waals surface area contributed by atoms with Crippen LogP contribution in [0.5, 0.6) is 0 Å². The van der Waals surface area contributed by atoms with Gasteiger partial charge >= 0.3 is 0 Å². The van der Waals surface area contributed by atoms with Crippen molar-refractivity contribution in [3.05, 3.63) is 93.4 Å². The van der Waals surface area contributed by atoms with E-state index in [1.807, 2.05) is 6.07 Å². The van der Waals surface area contributed by atoms with Crippen molar-refractivity contribution in [2.24, 2.45) is 0 Å². The van der Waals surface area contributed by atoms with Gasteiger partial charge < -0.3 is 4.90 Å². The molecule has 1 saturated heterocycles. The highest BCUT2D eigenvalue weighted by atomic mass is 32.2. The minimum absolute atomic E-state index is 0.0905. The summed E-state index contributed by atoms with van der Waals surface area (Å²) in [7, 11) is -5.35. The molecule has 2 aromatic carbocycles. The van der Waals surface area contributed by atoms with E-state index < -0.39 is 68.1 Å². The van der Waals surface area contributed by atoms with Crippen LogP contribution >= 0.6 is 0 Å². The zero-order chi connectivity index (χ0) is 32.0. The Bertz CT molecular complexity index is 1940. The smallest absolute Gasteiger partial charge is 0.272 e. The number of amides is 1. The number of hydrogen-bond donors (Lipinski definition) is 1. The second kappa shape index (κ2) is 11.9. The molecule has 0 radical (unpaired) electrons. The van der Waals surface area contributed by atoms with Crippen LogP contribution in [0.4, 0.5) is 27.6 Å². The van der Waals surface area contributed by atoms with Crippen LogP contribution in [0.1, 0.15) is 55.7 Å². The van der Waals surface area contributed by atoms with Gasteiger partial charge in [0.15, 0.2) is 28.2 Å². The van der Waals surface area contributed by atoms with Crippen LogP contribution in [0.15, 0.2) is 52.4 Å². The Morgan fingerprint density at radius 1 is 0.911 bits per heavy atom. The summed E-state index contributed by atoms with van der Waals surface area (Å²) < 4.78 is 97.5. The number of pyridine rings is 1. The van der Waals surface area contributed by atoms with Crippen molar-refractivity contribution in [3.8, 4) is 0 Å². The molecule has 3 heterocycles. The maximum Gasteiger partial charge on any atom is 0.272 e. The van der Waals surface area contributed by atoms with E-state index in [0.29, 0.717) is 21.3 Å². The number of sulfonamides is 1. The number of anilines is 1. The maximum atomic E-state index is 14.5. The first-order valence-electron chi connectivity index (χ1n) is 14.3. The van der Waals surface area contributed by atoms with E-state index in [-0.39, 0.29) is 24.0 Å². The summed E-state index contributed by atoms with van der Waals surface area (Å²) in [6.07, 6.45) is 8.54. The van der Waals surface area contributed by atoms with Crippen molar-refractivity contribution in [1.29, 1.82) is 0 Å². The molecule has 6 rings (SSSR count). The normalized spacial score (nSPS) is 17.8. The molecular formula is C30H26F5N5O4S. The molecular weight excluding hydrogens is 621 g/mol. The Kier molecular flexibility index (Phi) is 8.16. The Balaban J connectivity index is 1.35. The lowest BCUT2D eigenvalue weighted by molar-refractivity contribution is -0.125. The molecule has 15 heteroatoms. The lowest BCUT2D eigenvalue weighted by Gasteiger charge is -2.41. The van der Waals surface area contributed by atoms with Crippen molar-refractivity contribution < 1.29 is 35.2 Å². The Hall–Kier alpha value is -4.24. The predicted octanol–water partition coefficient (Wildman–Crippen LogP) is 5.06. The zero-order valence-corrected chi connectivity index (χ0v) is 24.4. The Morgan fingerprint density at radius 3 is 2.22 bits per heavy atom. The van der Waals surface area contributed by atoms with Crippen LogP contribution in [-0.4, -0.2) is 46.4 Å². The van der Waals surface area contributed by atoms with Crippen LogP contribution in [0.3, 0.4) is 0 Å². The fraction of sp³-hybridized carbons (Fsp3) is 0.333. The average Bonchev–Trinajstić information content (AvgIpc) is 3.01. The zero-order valence-electron chi connectivity index (χ0n) is 23.6. The number of H-pyrrole nitrogens is 1. The topological polar surface area (TPSA) is 116 Å². The third-order valence-electron chi connectivity index (χ3n) is 8.46. The van der Waals surface area contributed by atoms with E-state index in [1.165, 1.54) is 35.7 Å². The van der Waals surface area contributed by atoms with E-state index in [1.54, 1.807) is 12.3 Å². The van der Waals surface area contributed by atoms with Crippen LogP contribution in [0, 0.1) is 29.1 Å². The average molecular weight is 648 g/mol. The summed E-state index contributed by atoms with van der Waals surface area (Å²) in [6.45, 7) is -0.559. The van der Waals surface area contributed by atoms with Crippen molar-refractivity contribution in [2.75, 3.05) is 11.4 Å². The molecule has 4 aromatic rings. The second-order valence-corrected chi connectivity index (χ2v) is 13.0. The van der Waals surface area contributed by atoms with Crippen molar-refractivity contribution in [1.82, 2.24) is 19.5 Å². The molecule has 1 unspecified atom stereocenters. The van der Waals surface area contributed by atoms with Gasteiger partial charge in [0, 0.05) is 23.8 Å². The SMILES string of the molecule is O=C(C1CCN1S(=O)(=O)c1c(F)c(F)c(F)c(F)c1F)N(Cc1ccc(C2CCCCC2)cn1)c1ccc2c(=O)[nH]ncc2c1. The molecule has 2 aliphatic rings. The van der Waals surface area contributed by atoms with E-state index >= 15 is 0 Å². The fourth-order valence-corrected chi connectivity index (χ4v) is 7.67. The van der Waals surface area contributed by atoms with Crippen molar-refractivity contribution >= 4 is 32.4 Å². The molecule has 236 valence electrons. The van der Waals surface area contributed by atoms with Gasteiger partial charge in [0.2, 0.25) is 21.7 Å². The molecule has 9 nitrogen and oxygen atoms in total. The van der Waals surface area contributed by atoms with Gasteiger partial charge in [0.1, 0.15) is 6.04 Å². The van der Waals surface area contributed by atoms with Gasteiger partial charge in [0.05, 0.1) is 23.8 Å². The standard InChI is InChI=1S/C30H26F5N5O4S/c31-23-24(32)26(34)28(27(35)25(23)33)45(43,44)40-11-10-22(40)30(42)39(20-8-9-21-18(12-20)14-37-38-29(21)41)15-19-7-6-17(13-36-19)16-4-2-1-3-5-16/h6-9,12-14,16,22H,1-5,10-11,15H2,(H,38,41). The largest absolute Gasteiger partial charge is 0.305 e. The number of nitrogens with one attached hydrogen (secondary N) is 1. The minimum Gasteiger partial charge on any atom is -0.305 e. The molecule has 2 fully saturated rings. The van der Waals surface area contributed by atoms with E-state index in [9.17, 15) is 40.0 Å². The number of nitrogens with zero attached hydrogens (tertiary/aromatic N) is 4. The molecule has 1 saturated carbocycles. The molecule has 1 aliphatic carbocycles. The van der Waals surface area contributed by atoms with Gasteiger partial charge in [-0.25, -0.2) is 35.5 Å². The third-order valence-corrected chi connectivity index (χ3v) is 10.4. The van der Waals surface area contributed by atoms with Crippen molar-refractivity contribution in [2.45, 2.75) is 61.9 Å². The monoisotopic (exact) mass is 647 g/mol. The molecule has 1 atom stereocenters. The number of aromatic nitrogens is 3. The number of carbonyl (C=O) groups excluding carboxylic acids is 1. The molecule has 1 amide bonds. The molecule has 2 aromatic heterocycles. The van der Waals surface area contributed by atoms with Gasteiger partial charge in [-0.2, -0.15) is 9.40 Å². The first-order valence-corrected chi connectivity index (χ1v) is 15.7. The van der Waals surface area contributed by atoms with Crippen LogP contribution in [-0.2, 0) is 21.4 Å². The number of halogens is 5. The highest BCUT2D eigenvalue weighted by molar-refractivity contribution is 7.89. The number of carbonyl (C=O) groups is 1. The van der Waals surface area contributed by atoms with Gasteiger partial charge in [-0.1, -0.05) is 25.3 Å². The first kappa shape index (κ1) is 30.8.